The van der Waals surface area contributed by atoms with Gasteiger partial charge < -0.3 is 21.7 Å². The van der Waals surface area contributed by atoms with E-state index in [0.29, 0.717) is 0 Å². The third-order valence-electron chi connectivity index (χ3n) is 4.55. The van der Waals surface area contributed by atoms with Crippen LogP contribution in [0.3, 0.4) is 0 Å². The highest BCUT2D eigenvalue weighted by Crippen LogP contribution is 2.21. The van der Waals surface area contributed by atoms with Crippen molar-refractivity contribution in [3.05, 3.63) is 35.4 Å². The summed E-state index contributed by atoms with van der Waals surface area (Å²) in [5, 5.41) is 2.54. The van der Waals surface area contributed by atoms with E-state index >= 15 is 0 Å². The maximum Gasteiger partial charge on any atom is 0.242 e. The number of carbonyl (C=O) groups excluding carboxylic acids is 3. The first-order chi connectivity index (χ1) is 12.7. The van der Waals surface area contributed by atoms with Crippen LogP contribution in [0.25, 0.3) is 0 Å². The van der Waals surface area contributed by atoms with Crippen molar-refractivity contribution in [3.8, 4) is 0 Å². The van der Waals surface area contributed by atoms with Gasteiger partial charge in [0.25, 0.3) is 0 Å². The van der Waals surface area contributed by atoms with Crippen molar-refractivity contribution in [2.24, 2.45) is 17.4 Å². The van der Waals surface area contributed by atoms with Crippen LogP contribution in [0, 0.1) is 5.92 Å². The maximum atomic E-state index is 12.6. The van der Waals surface area contributed by atoms with Crippen LogP contribution in [0.5, 0.6) is 0 Å². The lowest BCUT2D eigenvalue weighted by atomic mass is 10.0. The summed E-state index contributed by atoms with van der Waals surface area (Å²) in [6.45, 7) is 7.15. The van der Waals surface area contributed by atoms with Crippen LogP contribution in [-0.2, 0) is 20.8 Å². The average Bonchev–Trinajstić information content (AvgIpc) is 2.63. The van der Waals surface area contributed by atoms with Gasteiger partial charge >= 0.3 is 0 Å². The molecule has 7 nitrogen and oxygen atoms in total. The van der Waals surface area contributed by atoms with E-state index in [1.807, 2.05) is 45.0 Å². The van der Waals surface area contributed by atoms with Crippen molar-refractivity contribution in [2.45, 2.75) is 52.6 Å². The largest absolute Gasteiger partial charge is 0.368 e. The van der Waals surface area contributed by atoms with Crippen LogP contribution in [-0.4, -0.2) is 41.8 Å². The lowest BCUT2D eigenvalue weighted by molar-refractivity contribution is -0.138. The van der Waals surface area contributed by atoms with Crippen LogP contribution in [0.1, 0.15) is 51.3 Å². The lowest BCUT2D eigenvalue weighted by Gasteiger charge is -2.29. The third-order valence-corrected chi connectivity index (χ3v) is 4.55. The minimum absolute atomic E-state index is 0. The SMILES string of the molecule is CCCc1ccc(C(C)N(CC(N)=O)C(=O)CNC(=O)[C@@H](N)C(C)C)cc1.Cl. The second kappa shape index (κ2) is 12.4. The zero-order valence-electron chi connectivity index (χ0n) is 17.1. The number of hydrogen-bond donors (Lipinski definition) is 3. The summed E-state index contributed by atoms with van der Waals surface area (Å²) in [6, 6.07) is 6.90. The first-order valence-electron chi connectivity index (χ1n) is 9.37. The molecule has 0 heterocycles. The van der Waals surface area contributed by atoms with Gasteiger partial charge in [0.05, 0.1) is 25.2 Å². The Morgan fingerprint density at radius 2 is 1.68 bits per heavy atom. The quantitative estimate of drug-likeness (QED) is 0.540. The molecule has 8 heteroatoms. The van der Waals surface area contributed by atoms with Gasteiger partial charge in [0.1, 0.15) is 0 Å². The molecule has 0 fully saturated rings. The Kier molecular flexibility index (Phi) is 11.4. The van der Waals surface area contributed by atoms with E-state index in [-0.39, 0.29) is 43.4 Å². The van der Waals surface area contributed by atoms with Gasteiger partial charge in [-0.2, -0.15) is 0 Å². The highest BCUT2D eigenvalue weighted by Gasteiger charge is 2.25. The Bertz CT molecular complexity index is 649. The lowest BCUT2D eigenvalue weighted by Crippen LogP contribution is -2.49. The van der Waals surface area contributed by atoms with Gasteiger partial charge in [0.15, 0.2) is 0 Å². The molecule has 2 atom stereocenters. The number of nitrogens with zero attached hydrogens (tertiary/aromatic N) is 1. The fraction of sp³-hybridized carbons (Fsp3) is 0.550. The zero-order valence-corrected chi connectivity index (χ0v) is 17.9. The predicted octanol–water partition coefficient (Wildman–Crippen LogP) is 1.54. The number of hydrogen-bond acceptors (Lipinski definition) is 4. The molecule has 28 heavy (non-hydrogen) atoms. The zero-order chi connectivity index (χ0) is 20.6. The molecule has 5 N–H and O–H groups in total. The van der Waals surface area contributed by atoms with Crippen molar-refractivity contribution >= 4 is 30.1 Å². The summed E-state index contributed by atoms with van der Waals surface area (Å²) in [6.07, 6.45) is 2.04. The van der Waals surface area contributed by atoms with E-state index < -0.39 is 17.9 Å². The van der Waals surface area contributed by atoms with Gasteiger partial charge in [-0.3, -0.25) is 14.4 Å². The Balaban J connectivity index is 0.00000729. The van der Waals surface area contributed by atoms with Crippen LogP contribution in [0.15, 0.2) is 24.3 Å². The van der Waals surface area contributed by atoms with Crippen molar-refractivity contribution in [2.75, 3.05) is 13.1 Å². The van der Waals surface area contributed by atoms with E-state index in [1.165, 1.54) is 10.5 Å². The van der Waals surface area contributed by atoms with Gasteiger partial charge in [-0.05, 0) is 30.4 Å². The highest BCUT2D eigenvalue weighted by molar-refractivity contribution is 5.89. The van der Waals surface area contributed by atoms with Gasteiger partial charge in [-0.15, -0.1) is 12.4 Å². The molecule has 0 aliphatic rings. The molecule has 3 amide bonds. The van der Waals surface area contributed by atoms with Crippen molar-refractivity contribution in [3.63, 3.8) is 0 Å². The molecule has 1 unspecified atom stereocenters. The molecular formula is C20H33ClN4O3. The first-order valence-corrected chi connectivity index (χ1v) is 9.37. The number of benzene rings is 1. The van der Waals surface area contributed by atoms with Crippen LogP contribution in [0.2, 0.25) is 0 Å². The molecule has 0 radical (unpaired) electrons. The van der Waals surface area contributed by atoms with E-state index in [2.05, 4.69) is 12.2 Å². The molecule has 1 aromatic carbocycles. The molecule has 0 aliphatic heterocycles. The maximum absolute atomic E-state index is 12.6. The fourth-order valence-electron chi connectivity index (χ4n) is 2.73. The number of nitrogens with two attached hydrogens (primary N) is 2. The van der Waals surface area contributed by atoms with Gasteiger partial charge in [0.2, 0.25) is 17.7 Å². The molecular weight excluding hydrogens is 380 g/mol. The van der Waals surface area contributed by atoms with Crippen molar-refractivity contribution < 1.29 is 14.4 Å². The van der Waals surface area contributed by atoms with Crippen LogP contribution >= 0.6 is 12.4 Å². The summed E-state index contributed by atoms with van der Waals surface area (Å²) in [5.74, 6) is -1.43. The third kappa shape index (κ3) is 7.86. The minimum atomic E-state index is -0.689. The van der Waals surface area contributed by atoms with Crippen molar-refractivity contribution in [1.29, 1.82) is 0 Å². The number of aryl methyl sites for hydroxylation is 1. The van der Waals surface area contributed by atoms with Crippen LogP contribution in [0.4, 0.5) is 0 Å². The molecule has 158 valence electrons. The summed E-state index contributed by atoms with van der Waals surface area (Å²) in [7, 11) is 0. The van der Waals surface area contributed by atoms with Crippen molar-refractivity contribution in [1.82, 2.24) is 10.2 Å². The topological polar surface area (TPSA) is 119 Å². The second-order valence-electron chi connectivity index (χ2n) is 7.14. The molecule has 0 aliphatic carbocycles. The molecule has 0 saturated carbocycles. The van der Waals surface area contributed by atoms with Gasteiger partial charge in [-0.25, -0.2) is 0 Å². The second-order valence-corrected chi connectivity index (χ2v) is 7.14. The number of rotatable bonds is 10. The number of halogens is 1. The van der Waals surface area contributed by atoms with E-state index in [1.54, 1.807) is 0 Å². The molecule has 0 aromatic heterocycles. The fourth-order valence-corrected chi connectivity index (χ4v) is 2.73. The highest BCUT2D eigenvalue weighted by atomic mass is 35.5. The Morgan fingerprint density at radius 1 is 1.11 bits per heavy atom. The normalized spacial score (nSPS) is 12.6. The average molecular weight is 413 g/mol. The summed E-state index contributed by atoms with van der Waals surface area (Å²) in [5.41, 5.74) is 13.2. The number of amides is 3. The minimum Gasteiger partial charge on any atom is -0.368 e. The monoisotopic (exact) mass is 412 g/mol. The molecule has 1 rings (SSSR count). The summed E-state index contributed by atoms with van der Waals surface area (Å²) < 4.78 is 0. The van der Waals surface area contributed by atoms with Gasteiger partial charge in [-0.1, -0.05) is 51.5 Å². The molecule has 1 aromatic rings. The standard InChI is InChI=1S/C20H32N4O3.ClH/c1-5-6-15-7-9-16(10-8-15)14(4)24(12-17(21)25)18(26)11-23-20(27)19(22)13(2)3;/h7-10,13-14,19H,5-6,11-12,22H2,1-4H3,(H2,21,25)(H,23,27);1H/t14?,19-;/m0./s1. The van der Waals surface area contributed by atoms with Crippen LogP contribution < -0.4 is 16.8 Å². The Labute approximate surface area is 173 Å². The summed E-state index contributed by atoms with van der Waals surface area (Å²) in [4.78, 5) is 37.4. The number of primary amides is 1. The molecule has 0 bridgehead atoms. The van der Waals surface area contributed by atoms with E-state index in [9.17, 15) is 14.4 Å². The Hall–Kier alpha value is -2.12. The smallest absolute Gasteiger partial charge is 0.242 e. The van der Waals surface area contributed by atoms with E-state index in [4.69, 9.17) is 11.5 Å². The first kappa shape index (κ1) is 25.9. The summed E-state index contributed by atoms with van der Waals surface area (Å²) >= 11 is 0. The molecule has 0 spiro atoms. The Morgan fingerprint density at radius 3 is 2.14 bits per heavy atom. The number of carbonyl (C=O) groups is 3. The van der Waals surface area contributed by atoms with E-state index in [0.717, 1.165) is 18.4 Å². The number of nitrogens with one attached hydrogen (secondary N) is 1. The molecule has 0 saturated heterocycles. The predicted molar refractivity (Wildman–Crippen MR) is 113 cm³/mol. The van der Waals surface area contributed by atoms with Gasteiger partial charge in [0, 0.05) is 0 Å².